The van der Waals surface area contributed by atoms with Crippen LogP contribution in [-0.4, -0.2) is 60.0 Å². The molecule has 6 nitrogen and oxygen atoms in total. The van der Waals surface area contributed by atoms with Gasteiger partial charge in [-0.05, 0) is 49.1 Å². The molecule has 1 aliphatic rings. The second kappa shape index (κ2) is 9.50. The van der Waals surface area contributed by atoms with Gasteiger partial charge in [0.25, 0.3) is 5.91 Å². The largest absolute Gasteiger partial charge is 0.463 e. The van der Waals surface area contributed by atoms with Gasteiger partial charge in [-0.3, -0.25) is 9.59 Å². The molecule has 2 heterocycles. The van der Waals surface area contributed by atoms with Crippen LogP contribution in [0.2, 0.25) is 0 Å². The highest BCUT2D eigenvalue weighted by Gasteiger charge is 2.28. The Hall–Kier alpha value is -3.71. The summed E-state index contributed by atoms with van der Waals surface area (Å²) in [6.45, 7) is 1.90. The monoisotopic (exact) mass is 473 g/mol. The number of likely N-dealkylation sites (N-methyl/N-ethyl adjacent to an activating group) is 1. The molecule has 35 heavy (non-hydrogen) atoms. The fraction of sp³-hybridized carbons (Fsp3) is 0.286. The maximum absolute atomic E-state index is 14.2. The van der Waals surface area contributed by atoms with Gasteiger partial charge in [0.1, 0.15) is 19.0 Å². The normalized spacial score (nSPS) is 13.4. The van der Waals surface area contributed by atoms with Crippen LogP contribution in [0.25, 0.3) is 21.7 Å². The third-order valence-corrected chi connectivity index (χ3v) is 6.61. The van der Waals surface area contributed by atoms with Crippen molar-refractivity contribution in [2.24, 2.45) is 0 Å². The number of fused-ring (bicyclic) bond motifs is 4. The van der Waals surface area contributed by atoms with Crippen LogP contribution in [-0.2, 0) is 29.0 Å². The number of hydrogen-bond donors (Lipinski definition) is 0. The summed E-state index contributed by atoms with van der Waals surface area (Å²) in [6, 6.07) is 18.2. The highest BCUT2D eigenvalue weighted by molar-refractivity contribution is 6.07. The first-order valence-corrected chi connectivity index (χ1v) is 11.8. The Balaban J connectivity index is 1.46. The summed E-state index contributed by atoms with van der Waals surface area (Å²) in [5.41, 5.74) is 3.28. The minimum atomic E-state index is -0.344. The molecular formula is C28H28FN3O3. The lowest BCUT2D eigenvalue weighted by Gasteiger charge is -2.29. The zero-order valence-corrected chi connectivity index (χ0v) is 20.0. The minimum absolute atomic E-state index is 0.0483. The first-order valence-electron chi connectivity index (χ1n) is 11.8. The van der Waals surface area contributed by atoms with Crippen LogP contribution in [0.1, 0.15) is 21.6 Å². The Bertz CT molecular complexity index is 1420. The molecular weight excluding hydrogens is 445 g/mol. The van der Waals surface area contributed by atoms with Crippen molar-refractivity contribution >= 4 is 33.6 Å². The van der Waals surface area contributed by atoms with Gasteiger partial charge in [0, 0.05) is 53.8 Å². The van der Waals surface area contributed by atoms with Gasteiger partial charge in [-0.15, -0.1) is 0 Å². The van der Waals surface area contributed by atoms with Gasteiger partial charge in [-0.2, -0.15) is 0 Å². The maximum Gasteiger partial charge on any atom is 0.326 e. The first-order chi connectivity index (χ1) is 16.9. The van der Waals surface area contributed by atoms with Gasteiger partial charge in [0.2, 0.25) is 0 Å². The zero-order chi connectivity index (χ0) is 24.5. The molecule has 1 aromatic heterocycles. The lowest BCUT2D eigenvalue weighted by Crippen LogP contribution is -2.36. The average Bonchev–Trinajstić information content (AvgIpc) is 3.15. The first kappa shape index (κ1) is 23.1. The van der Waals surface area contributed by atoms with Crippen molar-refractivity contribution < 1.29 is 18.7 Å². The lowest BCUT2D eigenvalue weighted by molar-refractivity contribution is -0.144. The van der Waals surface area contributed by atoms with E-state index in [4.69, 9.17) is 4.74 Å². The molecule has 0 aliphatic carbocycles. The number of rotatable bonds is 6. The van der Waals surface area contributed by atoms with Crippen LogP contribution in [0.15, 0.2) is 60.7 Å². The SMILES string of the molecule is CN(C)CCOC(=O)Cn1c2c(c3cc(F)ccc31)CN(C(=O)c1cccc3ccccc13)CC2. The molecule has 0 N–H and O–H groups in total. The summed E-state index contributed by atoms with van der Waals surface area (Å²) in [4.78, 5) is 29.9. The summed E-state index contributed by atoms with van der Waals surface area (Å²) in [7, 11) is 3.84. The molecule has 1 amide bonds. The van der Waals surface area contributed by atoms with E-state index in [1.807, 2.05) is 70.9 Å². The number of halogens is 1. The highest BCUT2D eigenvalue weighted by Crippen LogP contribution is 2.33. The maximum atomic E-state index is 14.2. The summed E-state index contributed by atoms with van der Waals surface area (Å²) in [6.07, 6.45) is 0.577. The Morgan fingerprint density at radius 3 is 2.66 bits per heavy atom. The molecule has 0 radical (unpaired) electrons. The summed E-state index contributed by atoms with van der Waals surface area (Å²) >= 11 is 0. The van der Waals surface area contributed by atoms with Crippen LogP contribution < -0.4 is 0 Å². The smallest absolute Gasteiger partial charge is 0.326 e. The van der Waals surface area contributed by atoms with Gasteiger partial charge in [-0.1, -0.05) is 36.4 Å². The standard InChI is InChI=1S/C28H28FN3O3/c1-30(2)14-15-35-27(33)18-32-25-11-10-20(29)16-23(25)24-17-31(13-12-26(24)32)28(34)22-9-5-7-19-6-3-4-8-21(19)22/h3-11,16H,12-15,17-18H2,1-2H3. The number of hydrogen-bond acceptors (Lipinski definition) is 4. The molecule has 0 bridgehead atoms. The zero-order valence-electron chi connectivity index (χ0n) is 20.0. The van der Waals surface area contributed by atoms with E-state index in [0.29, 0.717) is 38.2 Å². The van der Waals surface area contributed by atoms with Crippen LogP contribution in [0, 0.1) is 5.82 Å². The lowest BCUT2D eigenvalue weighted by atomic mass is 10.0. The third kappa shape index (κ3) is 4.51. The summed E-state index contributed by atoms with van der Waals surface area (Å²) in [5.74, 6) is -0.721. The Morgan fingerprint density at radius 2 is 1.83 bits per heavy atom. The predicted octanol–water partition coefficient (Wildman–Crippen LogP) is 4.24. The van der Waals surface area contributed by atoms with Crippen LogP contribution in [0.3, 0.4) is 0 Å². The van der Waals surface area contributed by atoms with Crippen molar-refractivity contribution in [2.75, 3.05) is 33.8 Å². The quantitative estimate of drug-likeness (QED) is 0.393. The van der Waals surface area contributed by atoms with Crippen LogP contribution in [0.5, 0.6) is 0 Å². The predicted molar refractivity (Wildman–Crippen MR) is 134 cm³/mol. The van der Waals surface area contributed by atoms with E-state index in [2.05, 4.69) is 0 Å². The number of carbonyl (C=O) groups is 2. The van der Waals surface area contributed by atoms with Crippen LogP contribution in [0.4, 0.5) is 4.39 Å². The van der Waals surface area contributed by atoms with E-state index in [9.17, 15) is 14.0 Å². The number of carbonyl (C=O) groups excluding carboxylic acids is 2. The van der Waals surface area contributed by atoms with Crippen molar-refractivity contribution in [1.29, 1.82) is 0 Å². The molecule has 7 heteroatoms. The van der Waals surface area contributed by atoms with Gasteiger partial charge < -0.3 is 19.1 Å². The number of benzene rings is 3. The molecule has 1 aliphatic heterocycles. The third-order valence-electron chi connectivity index (χ3n) is 6.61. The van der Waals surface area contributed by atoms with E-state index in [-0.39, 0.29) is 24.2 Å². The van der Waals surface area contributed by atoms with E-state index >= 15 is 0 Å². The molecule has 3 aromatic carbocycles. The molecule has 0 spiro atoms. The Morgan fingerprint density at radius 1 is 1.03 bits per heavy atom. The molecule has 0 atom stereocenters. The number of amides is 1. The van der Waals surface area contributed by atoms with Crippen molar-refractivity contribution in [3.8, 4) is 0 Å². The minimum Gasteiger partial charge on any atom is -0.463 e. The van der Waals surface area contributed by atoms with Gasteiger partial charge in [0.05, 0.1) is 0 Å². The van der Waals surface area contributed by atoms with E-state index in [1.165, 1.54) is 12.1 Å². The summed E-state index contributed by atoms with van der Waals surface area (Å²) in [5, 5.41) is 2.67. The molecule has 0 fully saturated rings. The van der Waals surface area contributed by atoms with Gasteiger partial charge in [-0.25, -0.2) is 4.39 Å². The van der Waals surface area contributed by atoms with Crippen molar-refractivity contribution in [3.63, 3.8) is 0 Å². The highest BCUT2D eigenvalue weighted by atomic mass is 19.1. The summed E-state index contributed by atoms with van der Waals surface area (Å²) < 4.78 is 21.6. The van der Waals surface area contributed by atoms with Crippen molar-refractivity contribution in [1.82, 2.24) is 14.4 Å². The van der Waals surface area contributed by atoms with Gasteiger partial charge >= 0.3 is 5.97 Å². The number of ether oxygens (including phenoxy) is 1. The fourth-order valence-corrected chi connectivity index (χ4v) is 4.88. The Labute approximate surface area is 203 Å². The molecule has 0 unspecified atom stereocenters. The second-order valence-electron chi connectivity index (χ2n) is 9.20. The molecule has 5 rings (SSSR count). The Kier molecular flexibility index (Phi) is 6.26. The van der Waals surface area contributed by atoms with Gasteiger partial charge in [0.15, 0.2) is 0 Å². The van der Waals surface area contributed by atoms with E-state index < -0.39 is 0 Å². The second-order valence-corrected chi connectivity index (χ2v) is 9.20. The number of esters is 1. The molecule has 0 saturated heterocycles. The molecule has 180 valence electrons. The van der Waals surface area contributed by atoms with E-state index in [1.54, 1.807) is 6.07 Å². The van der Waals surface area contributed by atoms with E-state index in [0.717, 1.165) is 32.9 Å². The molecule has 4 aromatic rings. The number of nitrogens with zero attached hydrogens (tertiary/aromatic N) is 3. The van der Waals surface area contributed by atoms with Crippen LogP contribution >= 0.6 is 0 Å². The van der Waals surface area contributed by atoms with Crippen molar-refractivity contribution in [2.45, 2.75) is 19.5 Å². The number of aromatic nitrogens is 1. The topological polar surface area (TPSA) is 54.8 Å². The molecule has 0 saturated carbocycles. The van der Waals surface area contributed by atoms with Crippen molar-refractivity contribution in [3.05, 3.63) is 83.3 Å². The average molecular weight is 474 g/mol. The fourth-order valence-electron chi connectivity index (χ4n) is 4.88.